The molecular weight excluding hydrogens is 346 g/mol. The molecule has 0 spiro atoms. The third-order valence-electron chi connectivity index (χ3n) is 5.32. The Morgan fingerprint density at radius 2 is 2.18 bits per heavy atom. The molecule has 0 amide bonds. The summed E-state index contributed by atoms with van der Waals surface area (Å²) < 4.78 is 0. The Morgan fingerprint density at radius 1 is 1.43 bits per heavy atom. The van der Waals surface area contributed by atoms with Gasteiger partial charge in [0.25, 0.3) is 0 Å². The Bertz CT molecular complexity index is 937. The maximum absolute atomic E-state index is 9.31. The number of fused-ring (bicyclic) bond motifs is 3. The normalized spacial score (nSPS) is 18.3. The van der Waals surface area contributed by atoms with Crippen LogP contribution in [0.15, 0.2) is 60.4 Å². The number of allylic oxidation sites excluding steroid dienone is 4. The van der Waals surface area contributed by atoms with Crippen LogP contribution in [0.3, 0.4) is 0 Å². The van der Waals surface area contributed by atoms with Crippen molar-refractivity contribution in [2.45, 2.75) is 39.8 Å². The summed E-state index contributed by atoms with van der Waals surface area (Å²) >= 11 is 0. The zero-order valence-electron chi connectivity index (χ0n) is 16.8. The Balaban J connectivity index is 2.05. The van der Waals surface area contributed by atoms with E-state index in [1.165, 1.54) is 16.7 Å². The minimum absolute atomic E-state index is 0.0427. The van der Waals surface area contributed by atoms with E-state index >= 15 is 0 Å². The van der Waals surface area contributed by atoms with Crippen LogP contribution in [-0.2, 0) is 13.0 Å². The lowest BCUT2D eigenvalue weighted by Gasteiger charge is -2.47. The van der Waals surface area contributed by atoms with Gasteiger partial charge in [-0.05, 0) is 34.6 Å². The van der Waals surface area contributed by atoms with E-state index in [9.17, 15) is 5.26 Å². The fourth-order valence-corrected chi connectivity index (χ4v) is 3.83. The third-order valence-corrected chi connectivity index (χ3v) is 5.32. The quantitative estimate of drug-likeness (QED) is 0.239. The van der Waals surface area contributed by atoms with Gasteiger partial charge < -0.3 is 10.3 Å². The van der Waals surface area contributed by atoms with Gasteiger partial charge >= 0.3 is 0 Å². The first-order valence-corrected chi connectivity index (χ1v) is 9.36. The van der Waals surface area contributed by atoms with Crippen molar-refractivity contribution in [3.05, 3.63) is 77.0 Å². The zero-order valence-corrected chi connectivity index (χ0v) is 16.8. The molecule has 0 saturated carbocycles. The first-order chi connectivity index (χ1) is 13.3. The predicted molar refractivity (Wildman–Crippen MR) is 114 cm³/mol. The number of rotatable bonds is 5. The number of nitrogens with zero attached hydrogens (tertiary/aromatic N) is 2. The molecule has 2 heterocycles. The average Bonchev–Trinajstić information content (AvgIpc) is 2.65. The first kappa shape index (κ1) is 19.7. The van der Waals surface area contributed by atoms with Crippen molar-refractivity contribution in [3.63, 3.8) is 0 Å². The van der Waals surface area contributed by atoms with Gasteiger partial charge in [0.05, 0.1) is 18.0 Å². The largest absolute Gasteiger partial charge is 0.343 e. The summed E-state index contributed by atoms with van der Waals surface area (Å²) in [6.07, 6.45) is 6.16. The van der Waals surface area contributed by atoms with Crippen LogP contribution in [0, 0.1) is 22.2 Å². The lowest BCUT2D eigenvalue weighted by atomic mass is 9.76. The lowest BCUT2D eigenvalue weighted by Crippen LogP contribution is -2.45. The molecule has 3 rings (SSSR count). The number of hydrazine groups is 1. The number of benzene rings is 1. The molecule has 0 fully saturated rings. The molecule has 0 aliphatic carbocycles. The predicted octanol–water partition coefficient (Wildman–Crippen LogP) is 4.04. The van der Waals surface area contributed by atoms with Crippen molar-refractivity contribution >= 4 is 12.0 Å². The van der Waals surface area contributed by atoms with Crippen molar-refractivity contribution in [1.82, 2.24) is 15.8 Å². The van der Waals surface area contributed by atoms with Crippen molar-refractivity contribution in [2.75, 3.05) is 0 Å². The molecule has 1 atom stereocenters. The monoisotopic (exact) mass is 373 g/mol. The average molecular weight is 374 g/mol. The van der Waals surface area contributed by atoms with Gasteiger partial charge in [0.2, 0.25) is 0 Å². The Kier molecular flexibility index (Phi) is 5.26. The molecular formula is C23H27N5. The van der Waals surface area contributed by atoms with Gasteiger partial charge in [-0.25, -0.2) is 5.43 Å². The topological polar surface area (TPSA) is 74.9 Å². The van der Waals surface area contributed by atoms with Crippen molar-refractivity contribution in [1.29, 1.82) is 10.7 Å². The van der Waals surface area contributed by atoms with Gasteiger partial charge in [-0.1, -0.05) is 52.1 Å². The molecule has 0 saturated heterocycles. The van der Waals surface area contributed by atoms with E-state index in [1.807, 2.05) is 6.20 Å². The third kappa shape index (κ3) is 3.64. The molecule has 5 nitrogen and oxygen atoms in total. The molecule has 1 aromatic carbocycles. The van der Waals surface area contributed by atoms with Gasteiger partial charge in [-0.15, -0.1) is 0 Å². The SMILES string of the molecule is C=C(C#N)C1=CN2C(=CC1=C)c1ccc(CNNC=N)cc1CC2C(C)(C)C. The minimum atomic E-state index is 0.0427. The molecule has 144 valence electrons. The summed E-state index contributed by atoms with van der Waals surface area (Å²) in [5.74, 6) is 0. The number of nitrogens with one attached hydrogen (secondary N) is 3. The van der Waals surface area contributed by atoms with E-state index in [-0.39, 0.29) is 11.5 Å². The van der Waals surface area contributed by atoms with Crippen molar-refractivity contribution in [2.24, 2.45) is 5.41 Å². The summed E-state index contributed by atoms with van der Waals surface area (Å²) in [6.45, 7) is 15.4. The second-order valence-corrected chi connectivity index (χ2v) is 8.31. The van der Waals surface area contributed by atoms with Gasteiger partial charge in [0.1, 0.15) is 0 Å². The van der Waals surface area contributed by atoms with E-state index in [0.717, 1.165) is 29.6 Å². The van der Waals surface area contributed by atoms with Crippen LogP contribution < -0.4 is 10.9 Å². The summed E-state index contributed by atoms with van der Waals surface area (Å²) in [5.41, 5.74) is 12.6. The summed E-state index contributed by atoms with van der Waals surface area (Å²) in [5, 5.41) is 16.4. The van der Waals surface area contributed by atoms with Crippen molar-refractivity contribution < 1.29 is 0 Å². The maximum atomic E-state index is 9.31. The first-order valence-electron chi connectivity index (χ1n) is 9.36. The summed E-state index contributed by atoms with van der Waals surface area (Å²) in [7, 11) is 0. The molecule has 2 aliphatic heterocycles. The number of hydrogen-bond acceptors (Lipinski definition) is 4. The van der Waals surface area contributed by atoms with Crippen LogP contribution >= 0.6 is 0 Å². The molecule has 2 aliphatic rings. The lowest BCUT2D eigenvalue weighted by molar-refractivity contribution is 0.189. The fourth-order valence-electron chi connectivity index (χ4n) is 3.83. The standard InChI is InChI=1S/C23H27N5/c1-15-8-21-19-7-6-17(12-26-27-14-25)9-18(19)10-22(23(3,4)5)28(21)13-20(15)16(2)11-24/h6-9,13-14,22,26H,1-2,10,12H2,3-5H3,(H2,25,27). The highest BCUT2D eigenvalue weighted by Gasteiger charge is 2.38. The van der Waals surface area contributed by atoms with Crippen LogP contribution in [0.25, 0.3) is 5.70 Å². The van der Waals surface area contributed by atoms with Crippen LogP contribution in [0.1, 0.15) is 37.5 Å². The van der Waals surface area contributed by atoms with E-state index < -0.39 is 0 Å². The molecule has 5 heteroatoms. The Morgan fingerprint density at radius 3 is 2.82 bits per heavy atom. The maximum Gasteiger partial charge on any atom is 0.0992 e. The smallest absolute Gasteiger partial charge is 0.0992 e. The van der Waals surface area contributed by atoms with E-state index in [4.69, 9.17) is 5.41 Å². The minimum Gasteiger partial charge on any atom is -0.343 e. The van der Waals surface area contributed by atoms with Crippen LogP contribution in [0.4, 0.5) is 0 Å². The second kappa shape index (κ2) is 7.49. The fraction of sp³-hybridized carbons (Fsp3) is 0.304. The van der Waals surface area contributed by atoms with Crippen LogP contribution in [0.2, 0.25) is 0 Å². The highest BCUT2D eigenvalue weighted by atomic mass is 15.3. The number of hydrogen-bond donors (Lipinski definition) is 3. The molecule has 3 N–H and O–H groups in total. The molecule has 1 unspecified atom stereocenters. The van der Waals surface area contributed by atoms with Gasteiger partial charge in [0, 0.05) is 35.6 Å². The summed E-state index contributed by atoms with van der Waals surface area (Å²) in [6, 6.07) is 8.90. The molecule has 1 aromatic rings. The molecule has 0 aromatic heterocycles. The van der Waals surface area contributed by atoms with E-state index in [2.05, 4.69) is 80.0 Å². The Hall–Kier alpha value is -3.10. The Labute approximate surface area is 167 Å². The molecule has 28 heavy (non-hydrogen) atoms. The number of nitriles is 1. The van der Waals surface area contributed by atoms with E-state index in [0.29, 0.717) is 12.1 Å². The molecule has 0 bridgehead atoms. The van der Waals surface area contributed by atoms with Crippen LogP contribution in [0.5, 0.6) is 0 Å². The van der Waals surface area contributed by atoms with Gasteiger partial charge in [-0.2, -0.15) is 5.26 Å². The van der Waals surface area contributed by atoms with Gasteiger partial charge in [-0.3, -0.25) is 5.41 Å². The van der Waals surface area contributed by atoms with Gasteiger partial charge in [0.15, 0.2) is 0 Å². The highest BCUT2D eigenvalue weighted by Crippen LogP contribution is 2.43. The summed E-state index contributed by atoms with van der Waals surface area (Å²) in [4.78, 5) is 2.30. The zero-order chi connectivity index (χ0) is 20.5. The van der Waals surface area contributed by atoms with E-state index in [1.54, 1.807) is 0 Å². The second-order valence-electron chi connectivity index (χ2n) is 8.31. The van der Waals surface area contributed by atoms with Crippen molar-refractivity contribution in [3.8, 4) is 6.07 Å². The molecule has 0 radical (unpaired) electrons. The van der Waals surface area contributed by atoms with Crippen LogP contribution in [-0.4, -0.2) is 17.3 Å². The highest BCUT2D eigenvalue weighted by molar-refractivity contribution is 5.77.